The lowest BCUT2D eigenvalue weighted by molar-refractivity contribution is -0.141. The normalized spacial score (nSPS) is 11.4. The molecule has 1 aromatic heterocycles. The van der Waals surface area contributed by atoms with Crippen LogP contribution in [0.4, 0.5) is 13.2 Å². The summed E-state index contributed by atoms with van der Waals surface area (Å²) in [5.74, 6) is -0.639. The molecule has 0 saturated carbocycles. The number of alkyl halides is 3. The molecule has 0 atom stereocenters. The fourth-order valence-corrected chi connectivity index (χ4v) is 1.57. The van der Waals surface area contributed by atoms with E-state index in [9.17, 15) is 18.0 Å². The third kappa shape index (κ3) is 2.59. The van der Waals surface area contributed by atoms with Crippen LogP contribution in [0.15, 0.2) is 36.5 Å². The molecule has 0 saturated heterocycles. The number of rotatable bonds is 2. The van der Waals surface area contributed by atoms with Gasteiger partial charge in [-0.2, -0.15) is 18.3 Å². The molecule has 2 aromatic rings. The van der Waals surface area contributed by atoms with Crippen molar-refractivity contribution in [3.63, 3.8) is 0 Å². The Kier molecular flexibility index (Phi) is 3.28. The number of hydrogen-bond acceptors (Lipinski definition) is 3. The fraction of sp³-hybridized carbons (Fsp3) is 0.167. The number of esters is 1. The Morgan fingerprint density at radius 2 is 1.95 bits per heavy atom. The van der Waals surface area contributed by atoms with Crippen molar-refractivity contribution in [3.8, 4) is 5.69 Å². The van der Waals surface area contributed by atoms with Gasteiger partial charge in [-0.25, -0.2) is 9.48 Å². The number of methoxy groups -OCH3 is 1. The van der Waals surface area contributed by atoms with Crippen LogP contribution in [0.2, 0.25) is 0 Å². The lowest BCUT2D eigenvalue weighted by Gasteiger charge is -2.07. The van der Waals surface area contributed by atoms with E-state index in [0.717, 1.165) is 16.9 Å². The van der Waals surface area contributed by atoms with E-state index in [4.69, 9.17) is 0 Å². The Balaban J connectivity index is 2.48. The van der Waals surface area contributed by atoms with E-state index in [2.05, 4.69) is 9.84 Å². The molecule has 0 radical (unpaired) electrons. The number of hydrogen-bond donors (Lipinski definition) is 0. The zero-order valence-electron chi connectivity index (χ0n) is 9.81. The maximum atomic E-state index is 12.5. The molecule has 2 rings (SSSR count). The number of carbonyl (C=O) groups excluding carboxylic acids is 1. The molecule has 0 amide bonds. The van der Waals surface area contributed by atoms with Gasteiger partial charge in [-0.3, -0.25) is 0 Å². The molecule has 100 valence electrons. The first kappa shape index (κ1) is 13.1. The number of aromatic nitrogens is 2. The van der Waals surface area contributed by atoms with Crippen molar-refractivity contribution in [1.82, 2.24) is 9.78 Å². The van der Waals surface area contributed by atoms with Crippen molar-refractivity contribution < 1.29 is 22.7 Å². The maximum Gasteiger partial charge on any atom is 0.435 e. The summed E-state index contributed by atoms with van der Waals surface area (Å²) in [5, 5.41) is 3.41. The lowest BCUT2D eigenvalue weighted by atomic mass is 10.2. The molecule has 1 heterocycles. The minimum absolute atomic E-state index is 0.141. The van der Waals surface area contributed by atoms with E-state index in [1.807, 2.05) is 0 Å². The highest BCUT2D eigenvalue weighted by molar-refractivity contribution is 5.93. The van der Waals surface area contributed by atoms with Crippen LogP contribution in [0.5, 0.6) is 0 Å². The van der Waals surface area contributed by atoms with Crippen molar-refractivity contribution in [2.24, 2.45) is 0 Å². The van der Waals surface area contributed by atoms with Crippen LogP contribution in [0.25, 0.3) is 5.69 Å². The van der Waals surface area contributed by atoms with Crippen LogP contribution < -0.4 is 0 Å². The number of halogens is 3. The highest BCUT2D eigenvalue weighted by atomic mass is 19.4. The molecule has 0 aliphatic carbocycles. The third-order valence-electron chi connectivity index (χ3n) is 2.44. The molecule has 7 heteroatoms. The van der Waals surface area contributed by atoms with Gasteiger partial charge in [0.1, 0.15) is 0 Å². The molecule has 0 aliphatic heterocycles. The van der Waals surface area contributed by atoms with Crippen LogP contribution >= 0.6 is 0 Å². The van der Waals surface area contributed by atoms with Crippen LogP contribution in [0, 0.1) is 0 Å². The molecule has 0 N–H and O–H groups in total. The van der Waals surface area contributed by atoms with Crippen LogP contribution in [-0.2, 0) is 10.9 Å². The van der Waals surface area contributed by atoms with E-state index in [1.165, 1.54) is 19.2 Å². The third-order valence-corrected chi connectivity index (χ3v) is 2.44. The number of nitrogens with zero attached hydrogens (tertiary/aromatic N) is 2. The molecule has 0 fully saturated rings. The van der Waals surface area contributed by atoms with Gasteiger partial charge in [0.15, 0.2) is 5.69 Å². The van der Waals surface area contributed by atoms with Crippen molar-refractivity contribution in [3.05, 3.63) is 47.8 Å². The summed E-state index contributed by atoms with van der Waals surface area (Å²) < 4.78 is 43.0. The van der Waals surface area contributed by atoms with E-state index < -0.39 is 17.8 Å². The first-order valence-corrected chi connectivity index (χ1v) is 5.24. The Hall–Kier alpha value is -2.31. The van der Waals surface area contributed by atoms with Crippen molar-refractivity contribution in [2.45, 2.75) is 6.18 Å². The van der Waals surface area contributed by atoms with Crippen LogP contribution in [0.3, 0.4) is 0 Å². The quantitative estimate of drug-likeness (QED) is 0.788. The maximum absolute atomic E-state index is 12.5. The average molecular weight is 270 g/mol. The van der Waals surface area contributed by atoms with Gasteiger partial charge in [-0.15, -0.1) is 0 Å². The summed E-state index contributed by atoms with van der Waals surface area (Å²) in [4.78, 5) is 11.5. The monoisotopic (exact) mass is 270 g/mol. The van der Waals surface area contributed by atoms with Gasteiger partial charge in [0, 0.05) is 6.20 Å². The Bertz CT molecular complexity index is 605. The molecule has 4 nitrogen and oxygen atoms in total. The van der Waals surface area contributed by atoms with E-state index in [-0.39, 0.29) is 11.3 Å². The summed E-state index contributed by atoms with van der Waals surface area (Å²) in [6.07, 6.45) is -3.38. The zero-order valence-corrected chi connectivity index (χ0v) is 9.81. The first-order valence-electron chi connectivity index (χ1n) is 5.24. The second-order valence-electron chi connectivity index (χ2n) is 3.65. The summed E-state index contributed by atoms with van der Waals surface area (Å²) in [5.41, 5.74) is -0.654. The average Bonchev–Trinajstić information content (AvgIpc) is 2.87. The minimum atomic E-state index is -4.52. The fourth-order valence-electron chi connectivity index (χ4n) is 1.57. The molecule has 0 aliphatic rings. The van der Waals surface area contributed by atoms with Crippen LogP contribution in [-0.4, -0.2) is 22.9 Å². The standard InChI is InChI=1S/C12H9F3N2O2/c1-19-11(18)8-4-2-3-5-9(8)17-7-6-10(16-17)12(13,14)15/h2-7H,1H3. The highest BCUT2D eigenvalue weighted by Crippen LogP contribution is 2.28. The molecule has 1 aromatic carbocycles. The Morgan fingerprint density at radius 3 is 2.53 bits per heavy atom. The predicted molar refractivity (Wildman–Crippen MR) is 59.9 cm³/mol. The first-order chi connectivity index (χ1) is 8.93. The number of ether oxygens (including phenoxy) is 1. The summed E-state index contributed by atoms with van der Waals surface area (Å²) in [7, 11) is 1.20. The predicted octanol–water partition coefficient (Wildman–Crippen LogP) is 2.68. The molecule has 0 bridgehead atoms. The summed E-state index contributed by atoms with van der Waals surface area (Å²) in [6.45, 7) is 0. The van der Waals surface area contributed by atoms with Crippen molar-refractivity contribution in [1.29, 1.82) is 0 Å². The van der Waals surface area contributed by atoms with Crippen molar-refractivity contribution in [2.75, 3.05) is 7.11 Å². The molecular formula is C12H9F3N2O2. The van der Waals surface area contributed by atoms with Crippen LogP contribution in [0.1, 0.15) is 16.1 Å². The van der Waals surface area contributed by atoms with Gasteiger partial charge in [-0.1, -0.05) is 12.1 Å². The summed E-state index contributed by atoms with van der Waals surface area (Å²) >= 11 is 0. The number of benzene rings is 1. The Labute approximate surface area is 106 Å². The highest BCUT2D eigenvalue weighted by Gasteiger charge is 2.33. The van der Waals surface area contributed by atoms with Crippen molar-refractivity contribution >= 4 is 5.97 Å². The molecule has 0 unspecified atom stereocenters. The molecule has 0 spiro atoms. The van der Waals surface area contributed by atoms with Gasteiger partial charge in [0.2, 0.25) is 0 Å². The second-order valence-corrected chi connectivity index (χ2v) is 3.65. The number of carbonyl (C=O) groups is 1. The molecular weight excluding hydrogens is 261 g/mol. The lowest BCUT2D eigenvalue weighted by Crippen LogP contribution is -2.10. The van der Waals surface area contributed by atoms with Gasteiger partial charge in [0.25, 0.3) is 0 Å². The summed E-state index contributed by atoms with van der Waals surface area (Å²) in [6, 6.07) is 6.96. The van der Waals surface area contributed by atoms with E-state index in [0.29, 0.717) is 0 Å². The topological polar surface area (TPSA) is 44.1 Å². The minimum Gasteiger partial charge on any atom is -0.465 e. The zero-order chi connectivity index (χ0) is 14.0. The largest absolute Gasteiger partial charge is 0.465 e. The van der Waals surface area contributed by atoms with Gasteiger partial charge >= 0.3 is 12.1 Å². The van der Waals surface area contributed by atoms with Gasteiger partial charge < -0.3 is 4.74 Å². The Morgan fingerprint density at radius 1 is 1.26 bits per heavy atom. The molecule has 19 heavy (non-hydrogen) atoms. The van der Waals surface area contributed by atoms with Gasteiger partial charge in [0.05, 0.1) is 18.4 Å². The van der Waals surface area contributed by atoms with E-state index in [1.54, 1.807) is 12.1 Å². The number of para-hydroxylation sites is 1. The van der Waals surface area contributed by atoms with E-state index >= 15 is 0 Å². The SMILES string of the molecule is COC(=O)c1ccccc1-n1ccc(C(F)(F)F)n1. The van der Waals surface area contributed by atoms with Gasteiger partial charge in [-0.05, 0) is 18.2 Å². The second kappa shape index (κ2) is 4.75. The smallest absolute Gasteiger partial charge is 0.435 e.